The maximum absolute atomic E-state index is 12.3. The molecule has 0 atom stereocenters. The SMILES string of the molecule is CCc1nc2c(NC(=O)c3ccc(OC)cc3)cccn2n1. The number of carbonyl (C=O) groups excluding carboxylic acids is 1. The van der Waals surface area contributed by atoms with Crippen LogP contribution in [0.5, 0.6) is 5.75 Å². The molecule has 0 saturated heterocycles. The number of fused-ring (bicyclic) bond motifs is 1. The summed E-state index contributed by atoms with van der Waals surface area (Å²) in [4.78, 5) is 16.7. The molecule has 1 aromatic carbocycles. The van der Waals surface area contributed by atoms with Crippen molar-refractivity contribution in [3.05, 3.63) is 54.0 Å². The van der Waals surface area contributed by atoms with Gasteiger partial charge in [0.2, 0.25) is 0 Å². The third-order valence-electron chi connectivity index (χ3n) is 3.32. The van der Waals surface area contributed by atoms with Crippen LogP contribution in [0, 0.1) is 0 Å². The Morgan fingerprint density at radius 2 is 2.05 bits per heavy atom. The van der Waals surface area contributed by atoms with E-state index in [0.29, 0.717) is 22.6 Å². The number of nitrogens with zero attached hydrogens (tertiary/aromatic N) is 3. The lowest BCUT2D eigenvalue weighted by atomic mass is 10.2. The van der Waals surface area contributed by atoms with Crippen LogP contribution in [0.4, 0.5) is 5.69 Å². The van der Waals surface area contributed by atoms with Crippen molar-refractivity contribution in [2.45, 2.75) is 13.3 Å². The van der Waals surface area contributed by atoms with Gasteiger partial charge in [-0.1, -0.05) is 6.92 Å². The lowest BCUT2D eigenvalue weighted by Crippen LogP contribution is -2.12. The first kappa shape index (κ1) is 14.1. The molecular formula is C16H16N4O2. The molecule has 112 valence electrons. The molecule has 6 heteroatoms. The second kappa shape index (κ2) is 5.85. The molecule has 0 aliphatic carbocycles. The van der Waals surface area contributed by atoms with Gasteiger partial charge < -0.3 is 10.1 Å². The van der Waals surface area contributed by atoms with Crippen molar-refractivity contribution in [3.8, 4) is 5.75 Å². The van der Waals surface area contributed by atoms with Crippen LogP contribution in [0.25, 0.3) is 5.65 Å². The van der Waals surface area contributed by atoms with E-state index >= 15 is 0 Å². The smallest absolute Gasteiger partial charge is 0.255 e. The zero-order chi connectivity index (χ0) is 15.5. The molecule has 1 N–H and O–H groups in total. The highest BCUT2D eigenvalue weighted by molar-refractivity contribution is 6.06. The van der Waals surface area contributed by atoms with E-state index in [1.54, 1.807) is 35.9 Å². The van der Waals surface area contributed by atoms with E-state index in [0.717, 1.165) is 12.2 Å². The van der Waals surface area contributed by atoms with E-state index in [2.05, 4.69) is 15.4 Å². The minimum atomic E-state index is -0.197. The third kappa shape index (κ3) is 2.63. The first-order chi connectivity index (χ1) is 10.7. The van der Waals surface area contributed by atoms with Gasteiger partial charge in [0.15, 0.2) is 11.5 Å². The Balaban J connectivity index is 1.88. The number of aryl methyl sites for hydroxylation is 1. The molecule has 0 aliphatic rings. The molecule has 0 aliphatic heterocycles. The van der Waals surface area contributed by atoms with Crippen LogP contribution in [0.2, 0.25) is 0 Å². The Morgan fingerprint density at radius 1 is 1.27 bits per heavy atom. The lowest BCUT2D eigenvalue weighted by molar-refractivity contribution is 0.102. The highest BCUT2D eigenvalue weighted by Crippen LogP contribution is 2.17. The van der Waals surface area contributed by atoms with Gasteiger partial charge in [-0.15, -0.1) is 0 Å². The summed E-state index contributed by atoms with van der Waals surface area (Å²) in [5.41, 5.74) is 1.83. The summed E-state index contributed by atoms with van der Waals surface area (Å²) in [5.74, 6) is 1.26. The number of pyridine rings is 1. The number of methoxy groups -OCH3 is 1. The van der Waals surface area contributed by atoms with Gasteiger partial charge in [0.25, 0.3) is 5.91 Å². The summed E-state index contributed by atoms with van der Waals surface area (Å²) < 4.78 is 6.76. The quantitative estimate of drug-likeness (QED) is 0.803. The number of anilines is 1. The van der Waals surface area contributed by atoms with Gasteiger partial charge >= 0.3 is 0 Å². The number of nitrogens with one attached hydrogen (secondary N) is 1. The predicted octanol–water partition coefficient (Wildman–Crippen LogP) is 2.55. The molecule has 1 amide bonds. The van der Waals surface area contributed by atoms with Crippen molar-refractivity contribution in [2.24, 2.45) is 0 Å². The summed E-state index contributed by atoms with van der Waals surface area (Å²) in [6, 6.07) is 10.6. The topological polar surface area (TPSA) is 68.5 Å². The molecule has 22 heavy (non-hydrogen) atoms. The Morgan fingerprint density at radius 3 is 2.73 bits per heavy atom. The van der Waals surface area contributed by atoms with Gasteiger partial charge in [-0.3, -0.25) is 4.79 Å². The molecule has 3 rings (SSSR count). The first-order valence-electron chi connectivity index (χ1n) is 7.01. The van der Waals surface area contributed by atoms with Gasteiger partial charge in [0.1, 0.15) is 5.75 Å². The van der Waals surface area contributed by atoms with Gasteiger partial charge in [-0.05, 0) is 36.4 Å². The molecule has 2 heterocycles. The normalized spacial score (nSPS) is 10.6. The monoisotopic (exact) mass is 296 g/mol. The number of hydrogen-bond acceptors (Lipinski definition) is 4. The molecule has 0 spiro atoms. The van der Waals surface area contributed by atoms with Crippen LogP contribution < -0.4 is 10.1 Å². The van der Waals surface area contributed by atoms with Crippen LogP contribution in [0.3, 0.4) is 0 Å². The third-order valence-corrected chi connectivity index (χ3v) is 3.32. The molecular weight excluding hydrogens is 280 g/mol. The number of aromatic nitrogens is 3. The highest BCUT2D eigenvalue weighted by atomic mass is 16.5. The summed E-state index contributed by atoms with van der Waals surface area (Å²) in [6.07, 6.45) is 2.55. The van der Waals surface area contributed by atoms with E-state index in [9.17, 15) is 4.79 Å². The number of rotatable bonds is 4. The minimum Gasteiger partial charge on any atom is -0.497 e. The average molecular weight is 296 g/mol. The van der Waals surface area contributed by atoms with Crippen molar-refractivity contribution in [3.63, 3.8) is 0 Å². The number of amides is 1. The molecule has 0 fully saturated rings. The average Bonchev–Trinajstić information content (AvgIpc) is 2.99. The van der Waals surface area contributed by atoms with Gasteiger partial charge in [-0.25, -0.2) is 9.50 Å². The van der Waals surface area contributed by atoms with Crippen molar-refractivity contribution in [2.75, 3.05) is 12.4 Å². The van der Waals surface area contributed by atoms with Gasteiger partial charge in [0, 0.05) is 18.2 Å². The van der Waals surface area contributed by atoms with Crippen molar-refractivity contribution >= 4 is 17.2 Å². The number of benzene rings is 1. The van der Waals surface area contributed by atoms with E-state index < -0.39 is 0 Å². The van der Waals surface area contributed by atoms with Crippen LogP contribution in [-0.2, 0) is 6.42 Å². The maximum atomic E-state index is 12.3. The van der Waals surface area contributed by atoms with E-state index in [4.69, 9.17) is 4.74 Å². The highest BCUT2D eigenvalue weighted by Gasteiger charge is 2.11. The number of hydrogen-bond donors (Lipinski definition) is 1. The molecule has 3 aromatic rings. The fourth-order valence-electron chi connectivity index (χ4n) is 2.13. The van der Waals surface area contributed by atoms with Gasteiger partial charge in [-0.2, -0.15) is 5.10 Å². The Kier molecular flexibility index (Phi) is 3.74. The van der Waals surface area contributed by atoms with Crippen LogP contribution in [0.1, 0.15) is 23.1 Å². The molecule has 6 nitrogen and oxygen atoms in total. The second-order valence-electron chi connectivity index (χ2n) is 4.75. The molecule has 0 bridgehead atoms. The van der Waals surface area contributed by atoms with Crippen LogP contribution >= 0.6 is 0 Å². The van der Waals surface area contributed by atoms with E-state index in [-0.39, 0.29) is 5.91 Å². The van der Waals surface area contributed by atoms with Gasteiger partial charge in [0.05, 0.1) is 12.8 Å². The van der Waals surface area contributed by atoms with E-state index in [1.807, 2.05) is 25.3 Å². The zero-order valence-electron chi connectivity index (χ0n) is 12.4. The molecule has 0 saturated carbocycles. The Hall–Kier alpha value is -2.89. The molecule has 0 radical (unpaired) electrons. The lowest BCUT2D eigenvalue weighted by Gasteiger charge is -2.06. The summed E-state index contributed by atoms with van der Waals surface area (Å²) in [5, 5.41) is 7.21. The second-order valence-corrected chi connectivity index (χ2v) is 4.75. The fraction of sp³-hybridized carbons (Fsp3) is 0.188. The van der Waals surface area contributed by atoms with Crippen LogP contribution in [0.15, 0.2) is 42.6 Å². The van der Waals surface area contributed by atoms with E-state index in [1.165, 1.54) is 0 Å². The van der Waals surface area contributed by atoms with Crippen molar-refractivity contribution in [1.29, 1.82) is 0 Å². The van der Waals surface area contributed by atoms with Crippen LogP contribution in [-0.4, -0.2) is 27.6 Å². The largest absolute Gasteiger partial charge is 0.497 e. The fourth-order valence-corrected chi connectivity index (χ4v) is 2.13. The summed E-state index contributed by atoms with van der Waals surface area (Å²) in [6.45, 7) is 1.99. The zero-order valence-corrected chi connectivity index (χ0v) is 12.4. The summed E-state index contributed by atoms with van der Waals surface area (Å²) in [7, 11) is 1.59. The Labute approximate surface area is 127 Å². The minimum absolute atomic E-state index is 0.197. The number of ether oxygens (including phenoxy) is 1. The van der Waals surface area contributed by atoms with Crippen molar-refractivity contribution in [1.82, 2.24) is 14.6 Å². The summed E-state index contributed by atoms with van der Waals surface area (Å²) >= 11 is 0. The predicted molar refractivity (Wildman–Crippen MR) is 83.3 cm³/mol. The molecule has 2 aromatic heterocycles. The number of carbonyl (C=O) groups is 1. The molecule has 0 unspecified atom stereocenters. The Bertz CT molecular complexity index is 809. The first-order valence-corrected chi connectivity index (χ1v) is 7.01. The van der Waals surface area contributed by atoms with Crippen molar-refractivity contribution < 1.29 is 9.53 Å². The maximum Gasteiger partial charge on any atom is 0.255 e. The standard InChI is InChI=1S/C16H16N4O2/c1-3-14-18-15-13(5-4-10-20(15)19-14)17-16(21)11-6-8-12(22-2)9-7-11/h4-10H,3H2,1-2H3,(H,17,21).